The van der Waals surface area contributed by atoms with E-state index in [-0.39, 0.29) is 23.1 Å². The van der Waals surface area contributed by atoms with Crippen molar-refractivity contribution in [3.05, 3.63) is 82.7 Å². The molecule has 2 fully saturated rings. The highest BCUT2D eigenvalue weighted by Gasteiger charge is 2.37. The molecule has 0 bridgehead atoms. The SMILES string of the molecule is Cc1ccccc1C1CC(=O)C(=C2OCCN2Cc2ccccc2)C(=O)C1. The van der Waals surface area contributed by atoms with Crippen molar-refractivity contribution in [2.45, 2.75) is 32.2 Å². The monoisotopic (exact) mass is 361 g/mol. The van der Waals surface area contributed by atoms with E-state index in [9.17, 15) is 9.59 Å². The second kappa shape index (κ2) is 7.39. The molecule has 2 aromatic rings. The molecule has 0 amide bonds. The molecular weight excluding hydrogens is 338 g/mol. The lowest BCUT2D eigenvalue weighted by molar-refractivity contribution is -0.125. The lowest BCUT2D eigenvalue weighted by Gasteiger charge is -2.26. The largest absolute Gasteiger partial charge is 0.477 e. The molecule has 1 aliphatic heterocycles. The lowest BCUT2D eigenvalue weighted by atomic mass is 9.78. The number of carbonyl (C=O) groups excluding carboxylic acids is 2. The van der Waals surface area contributed by atoms with Gasteiger partial charge in [0.1, 0.15) is 12.2 Å². The van der Waals surface area contributed by atoms with Crippen molar-refractivity contribution in [3.63, 3.8) is 0 Å². The van der Waals surface area contributed by atoms with E-state index in [1.807, 2.05) is 66.4 Å². The van der Waals surface area contributed by atoms with Crippen LogP contribution in [0, 0.1) is 6.92 Å². The average molecular weight is 361 g/mol. The van der Waals surface area contributed by atoms with Crippen LogP contribution >= 0.6 is 0 Å². The van der Waals surface area contributed by atoms with Crippen LogP contribution in [0.5, 0.6) is 0 Å². The summed E-state index contributed by atoms with van der Waals surface area (Å²) in [7, 11) is 0. The zero-order chi connectivity index (χ0) is 18.8. The Kier molecular flexibility index (Phi) is 4.80. The first kappa shape index (κ1) is 17.5. The minimum absolute atomic E-state index is 0.0421. The molecular formula is C23H23NO3. The lowest BCUT2D eigenvalue weighted by Crippen LogP contribution is -2.30. The van der Waals surface area contributed by atoms with E-state index in [1.165, 1.54) is 0 Å². The van der Waals surface area contributed by atoms with Crippen LogP contribution in [0.15, 0.2) is 66.1 Å². The predicted molar refractivity (Wildman–Crippen MR) is 103 cm³/mol. The molecule has 0 unspecified atom stereocenters. The van der Waals surface area contributed by atoms with Gasteiger partial charge in [0.25, 0.3) is 0 Å². The third-order valence-corrected chi connectivity index (χ3v) is 5.37. The van der Waals surface area contributed by atoms with Crippen LogP contribution in [0.3, 0.4) is 0 Å². The van der Waals surface area contributed by atoms with Crippen molar-refractivity contribution in [2.75, 3.05) is 13.2 Å². The van der Waals surface area contributed by atoms with Gasteiger partial charge < -0.3 is 9.64 Å². The summed E-state index contributed by atoms with van der Waals surface area (Å²) in [4.78, 5) is 27.8. The molecule has 0 aromatic heterocycles. The Balaban J connectivity index is 1.59. The maximum atomic E-state index is 12.9. The van der Waals surface area contributed by atoms with Gasteiger partial charge in [0.15, 0.2) is 11.6 Å². The molecule has 0 radical (unpaired) electrons. The molecule has 2 aliphatic rings. The number of ether oxygens (including phenoxy) is 1. The Morgan fingerprint density at radius 2 is 1.63 bits per heavy atom. The Morgan fingerprint density at radius 3 is 2.33 bits per heavy atom. The highest BCUT2D eigenvalue weighted by molar-refractivity contribution is 6.22. The first-order valence-corrected chi connectivity index (χ1v) is 9.41. The summed E-state index contributed by atoms with van der Waals surface area (Å²) in [6, 6.07) is 18.0. The van der Waals surface area contributed by atoms with Crippen LogP contribution in [0.1, 0.15) is 35.4 Å². The second-order valence-electron chi connectivity index (χ2n) is 7.24. The number of hydrogen-bond donors (Lipinski definition) is 0. The fraction of sp³-hybridized carbons (Fsp3) is 0.304. The minimum atomic E-state index is -0.102. The molecule has 0 N–H and O–H groups in total. The zero-order valence-electron chi connectivity index (χ0n) is 15.5. The normalized spacial score (nSPS) is 20.2. The number of ketones is 2. The highest BCUT2D eigenvalue weighted by atomic mass is 16.5. The standard InChI is InChI=1S/C23H23NO3/c1-16-7-5-6-10-19(16)18-13-20(25)22(21(26)14-18)23-24(11-12-27-23)15-17-8-3-2-4-9-17/h2-10,18H,11-15H2,1H3. The molecule has 1 saturated heterocycles. The van der Waals surface area contributed by atoms with Gasteiger partial charge in [-0.3, -0.25) is 9.59 Å². The van der Waals surface area contributed by atoms with E-state index in [4.69, 9.17) is 4.74 Å². The molecule has 0 spiro atoms. The number of allylic oxidation sites excluding steroid dienone is 1. The third-order valence-electron chi connectivity index (χ3n) is 5.37. The number of carbonyl (C=O) groups is 2. The van der Waals surface area contributed by atoms with E-state index in [1.54, 1.807) is 0 Å². The maximum Gasteiger partial charge on any atom is 0.204 e. The van der Waals surface area contributed by atoms with Gasteiger partial charge in [-0.1, -0.05) is 54.6 Å². The van der Waals surface area contributed by atoms with Crippen LogP contribution in [-0.4, -0.2) is 29.6 Å². The Labute approximate surface area is 159 Å². The number of benzene rings is 2. The van der Waals surface area contributed by atoms with E-state index >= 15 is 0 Å². The van der Waals surface area contributed by atoms with Crippen LogP contribution in [0.2, 0.25) is 0 Å². The Hall–Kier alpha value is -2.88. The molecule has 4 heteroatoms. The van der Waals surface area contributed by atoms with Gasteiger partial charge in [-0.15, -0.1) is 0 Å². The van der Waals surface area contributed by atoms with Crippen LogP contribution in [0.4, 0.5) is 0 Å². The van der Waals surface area contributed by atoms with Gasteiger partial charge in [-0.05, 0) is 29.5 Å². The fourth-order valence-electron chi connectivity index (χ4n) is 4.01. The van der Waals surface area contributed by atoms with Gasteiger partial charge in [0, 0.05) is 19.4 Å². The van der Waals surface area contributed by atoms with Gasteiger partial charge in [0.2, 0.25) is 5.88 Å². The quantitative estimate of drug-likeness (QED) is 0.617. The number of aryl methyl sites for hydroxylation is 1. The van der Waals surface area contributed by atoms with Gasteiger partial charge in [0.05, 0.1) is 6.54 Å². The molecule has 2 aromatic carbocycles. The first-order valence-electron chi connectivity index (χ1n) is 9.41. The van der Waals surface area contributed by atoms with Crippen molar-refractivity contribution in [1.29, 1.82) is 0 Å². The van der Waals surface area contributed by atoms with E-state index in [0.29, 0.717) is 38.4 Å². The summed E-state index contributed by atoms with van der Waals surface area (Å²) >= 11 is 0. The van der Waals surface area contributed by atoms with Crippen molar-refractivity contribution in [3.8, 4) is 0 Å². The molecule has 1 heterocycles. The second-order valence-corrected chi connectivity index (χ2v) is 7.24. The summed E-state index contributed by atoms with van der Waals surface area (Å²) in [5.41, 5.74) is 3.61. The number of hydrogen-bond acceptors (Lipinski definition) is 4. The van der Waals surface area contributed by atoms with Gasteiger partial charge in [-0.25, -0.2) is 0 Å². The van der Waals surface area contributed by atoms with E-state index in [2.05, 4.69) is 0 Å². The van der Waals surface area contributed by atoms with Crippen molar-refractivity contribution in [1.82, 2.24) is 4.90 Å². The number of nitrogens with zero attached hydrogens (tertiary/aromatic N) is 1. The fourth-order valence-corrected chi connectivity index (χ4v) is 4.01. The molecule has 4 nitrogen and oxygen atoms in total. The number of rotatable bonds is 3. The molecule has 138 valence electrons. The van der Waals surface area contributed by atoms with Crippen LogP contribution in [-0.2, 0) is 20.9 Å². The molecule has 1 saturated carbocycles. The van der Waals surface area contributed by atoms with E-state index in [0.717, 1.165) is 16.7 Å². The van der Waals surface area contributed by atoms with Gasteiger partial charge in [-0.2, -0.15) is 0 Å². The van der Waals surface area contributed by atoms with E-state index < -0.39 is 0 Å². The summed E-state index contributed by atoms with van der Waals surface area (Å²) < 4.78 is 5.75. The maximum absolute atomic E-state index is 12.9. The molecule has 0 atom stereocenters. The summed E-state index contributed by atoms with van der Waals surface area (Å²) in [6.07, 6.45) is 0.718. The minimum Gasteiger partial charge on any atom is -0.477 e. The molecule has 1 aliphatic carbocycles. The van der Waals surface area contributed by atoms with Gasteiger partial charge >= 0.3 is 0 Å². The third kappa shape index (κ3) is 3.52. The highest BCUT2D eigenvalue weighted by Crippen LogP contribution is 2.35. The predicted octanol–water partition coefficient (Wildman–Crippen LogP) is 3.75. The zero-order valence-corrected chi connectivity index (χ0v) is 15.5. The first-order chi connectivity index (χ1) is 13.1. The Morgan fingerprint density at radius 1 is 0.963 bits per heavy atom. The molecule has 4 rings (SSSR count). The number of Topliss-reactive ketones (excluding diaryl/α,β-unsaturated/α-hetero) is 2. The summed E-state index contributed by atoms with van der Waals surface area (Å²) in [6.45, 7) is 3.87. The topological polar surface area (TPSA) is 46.6 Å². The summed E-state index contributed by atoms with van der Waals surface area (Å²) in [5, 5.41) is 0. The average Bonchev–Trinajstić information content (AvgIpc) is 3.10. The van der Waals surface area contributed by atoms with Crippen LogP contribution in [0.25, 0.3) is 0 Å². The van der Waals surface area contributed by atoms with Crippen molar-refractivity contribution >= 4 is 11.6 Å². The van der Waals surface area contributed by atoms with Crippen molar-refractivity contribution in [2.24, 2.45) is 0 Å². The van der Waals surface area contributed by atoms with Crippen molar-refractivity contribution < 1.29 is 14.3 Å². The van der Waals surface area contributed by atoms with Crippen LogP contribution < -0.4 is 0 Å². The smallest absolute Gasteiger partial charge is 0.204 e. The molecule has 27 heavy (non-hydrogen) atoms. The summed E-state index contributed by atoms with van der Waals surface area (Å²) in [5.74, 6) is 0.223. The Bertz CT molecular complexity index is 881.